The van der Waals surface area contributed by atoms with E-state index >= 15 is 0 Å². The van der Waals surface area contributed by atoms with Crippen molar-refractivity contribution in [2.24, 2.45) is 0 Å². The Labute approximate surface area is 81.8 Å². The molecule has 0 fully saturated rings. The van der Waals surface area contributed by atoms with Gasteiger partial charge in [0.2, 0.25) is 0 Å². The van der Waals surface area contributed by atoms with Crippen LogP contribution < -0.4 is 0 Å². The molecule has 0 saturated heterocycles. The smallest absolute Gasteiger partial charge is 0.251 e. The van der Waals surface area contributed by atoms with Gasteiger partial charge in [0.25, 0.3) is 5.78 Å². The summed E-state index contributed by atoms with van der Waals surface area (Å²) in [6.07, 6.45) is 1.56. The summed E-state index contributed by atoms with van der Waals surface area (Å²) in [5.74, 6) is 0.598. The van der Waals surface area contributed by atoms with E-state index in [0.29, 0.717) is 10.4 Å². The minimum Gasteiger partial charge on any atom is -0.280 e. The summed E-state index contributed by atoms with van der Waals surface area (Å²) >= 11 is 8.49. The van der Waals surface area contributed by atoms with E-state index in [-0.39, 0.29) is 0 Å². The maximum atomic E-state index is 5.14. The SMILES string of the molecule is Cc1nc2nc[nH]n2c(=S)c1Br. The monoisotopic (exact) mass is 244 g/mol. The second-order valence-corrected chi connectivity index (χ2v) is 3.52. The molecule has 2 heterocycles. The van der Waals surface area contributed by atoms with Gasteiger partial charge in [-0.1, -0.05) is 12.2 Å². The highest BCUT2D eigenvalue weighted by molar-refractivity contribution is 9.10. The summed E-state index contributed by atoms with van der Waals surface area (Å²) in [4.78, 5) is 8.19. The average Bonchev–Trinajstić information content (AvgIpc) is 2.48. The van der Waals surface area contributed by atoms with Crippen molar-refractivity contribution in [3.8, 4) is 0 Å². The number of aromatic amines is 1. The molecule has 62 valence electrons. The van der Waals surface area contributed by atoms with E-state index in [1.54, 1.807) is 10.8 Å². The molecule has 2 rings (SSSR count). The van der Waals surface area contributed by atoms with E-state index in [1.807, 2.05) is 6.92 Å². The molecule has 12 heavy (non-hydrogen) atoms. The molecule has 0 saturated carbocycles. The van der Waals surface area contributed by atoms with Crippen molar-refractivity contribution in [1.82, 2.24) is 19.6 Å². The normalized spacial score (nSPS) is 10.8. The van der Waals surface area contributed by atoms with E-state index in [9.17, 15) is 0 Å². The van der Waals surface area contributed by atoms with Gasteiger partial charge < -0.3 is 0 Å². The molecule has 0 radical (unpaired) electrons. The molecule has 0 aliphatic rings. The second-order valence-electron chi connectivity index (χ2n) is 2.34. The first-order valence-corrected chi connectivity index (χ1v) is 4.48. The fourth-order valence-corrected chi connectivity index (χ4v) is 1.49. The lowest BCUT2D eigenvalue weighted by molar-refractivity contribution is 0.906. The van der Waals surface area contributed by atoms with Gasteiger partial charge in [0, 0.05) is 0 Å². The number of hydrogen-bond acceptors (Lipinski definition) is 3. The third kappa shape index (κ3) is 0.987. The molecule has 1 N–H and O–H groups in total. The molecular weight excluding hydrogens is 240 g/mol. The van der Waals surface area contributed by atoms with Crippen LogP contribution in [0.1, 0.15) is 5.69 Å². The van der Waals surface area contributed by atoms with Crippen LogP contribution in [0.25, 0.3) is 5.78 Å². The van der Waals surface area contributed by atoms with Crippen molar-refractivity contribution in [3.05, 3.63) is 21.1 Å². The Kier molecular flexibility index (Phi) is 1.73. The molecule has 4 nitrogen and oxygen atoms in total. The van der Waals surface area contributed by atoms with E-state index in [2.05, 4.69) is 31.0 Å². The summed E-state index contributed by atoms with van der Waals surface area (Å²) in [6.45, 7) is 1.88. The highest BCUT2D eigenvalue weighted by Crippen LogP contribution is 2.15. The standard InChI is InChI=1S/C6H5BrN4S/c1-3-4(7)5(12)11-6(10-3)8-2-9-11/h2H,1H3,(H,8,9,10). The Bertz CT molecular complexity index is 486. The Morgan fingerprint density at radius 1 is 1.67 bits per heavy atom. The summed E-state index contributed by atoms with van der Waals surface area (Å²) in [5.41, 5.74) is 0.854. The third-order valence-electron chi connectivity index (χ3n) is 1.54. The number of nitrogens with zero attached hydrogens (tertiary/aromatic N) is 3. The van der Waals surface area contributed by atoms with Crippen LogP contribution in [0, 0.1) is 11.6 Å². The topological polar surface area (TPSA) is 46.0 Å². The van der Waals surface area contributed by atoms with Gasteiger partial charge in [0.1, 0.15) is 11.0 Å². The van der Waals surface area contributed by atoms with Gasteiger partial charge in [-0.2, -0.15) is 0 Å². The van der Waals surface area contributed by atoms with Crippen molar-refractivity contribution < 1.29 is 0 Å². The van der Waals surface area contributed by atoms with Gasteiger partial charge in [0.05, 0.1) is 10.2 Å². The van der Waals surface area contributed by atoms with Gasteiger partial charge in [0.15, 0.2) is 0 Å². The number of fused-ring (bicyclic) bond motifs is 1. The fraction of sp³-hybridized carbons (Fsp3) is 0.167. The lowest BCUT2D eigenvalue weighted by Gasteiger charge is -1.97. The van der Waals surface area contributed by atoms with E-state index in [0.717, 1.165) is 10.2 Å². The van der Waals surface area contributed by atoms with Crippen LogP contribution in [0.2, 0.25) is 0 Å². The lowest BCUT2D eigenvalue weighted by atomic mass is 10.5. The number of aryl methyl sites for hydroxylation is 1. The van der Waals surface area contributed by atoms with Crippen molar-refractivity contribution in [1.29, 1.82) is 0 Å². The van der Waals surface area contributed by atoms with Crippen LogP contribution >= 0.6 is 28.1 Å². The zero-order valence-electron chi connectivity index (χ0n) is 6.21. The Morgan fingerprint density at radius 3 is 3.17 bits per heavy atom. The molecule has 0 aliphatic carbocycles. The zero-order chi connectivity index (χ0) is 8.72. The number of H-pyrrole nitrogens is 1. The van der Waals surface area contributed by atoms with Gasteiger partial charge in [-0.15, -0.1) is 0 Å². The molecule has 0 spiro atoms. The Morgan fingerprint density at radius 2 is 2.42 bits per heavy atom. The molecule has 0 bridgehead atoms. The molecule has 0 atom stereocenters. The van der Waals surface area contributed by atoms with Crippen molar-refractivity contribution >= 4 is 33.9 Å². The Balaban J connectivity index is 3.05. The molecule has 2 aromatic rings. The van der Waals surface area contributed by atoms with E-state index < -0.39 is 0 Å². The summed E-state index contributed by atoms with van der Waals surface area (Å²) in [7, 11) is 0. The number of hydrogen-bond donors (Lipinski definition) is 1. The van der Waals surface area contributed by atoms with Crippen molar-refractivity contribution in [2.75, 3.05) is 0 Å². The largest absolute Gasteiger partial charge is 0.280 e. The predicted molar refractivity (Wildman–Crippen MR) is 50.6 cm³/mol. The molecule has 6 heteroatoms. The maximum Gasteiger partial charge on any atom is 0.251 e. The first kappa shape index (κ1) is 7.88. The summed E-state index contributed by atoms with van der Waals surface area (Å²) < 4.78 is 3.14. The summed E-state index contributed by atoms with van der Waals surface area (Å²) in [6, 6.07) is 0. The lowest BCUT2D eigenvalue weighted by Crippen LogP contribution is -1.96. The minimum absolute atomic E-state index is 0.598. The van der Waals surface area contributed by atoms with Crippen LogP contribution in [0.3, 0.4) is 0 Å². The first-order valence-electron chi connectivity index (χ1n) is 3.28. The third-order valence-corrected chi connectivity index (χ3v) is 3.14. The van der Waals surface area contributed by atoms with E-state index in [1.165, 1.54) is 0 Å². The number of nitrogens with one attached hydrogen (secondary N) is 1. The van der Waals surface area contributed by atoms with Gasteiger partial charge >= 0.3 is 0 Å². The van der Waals surface area contributed by atoms with Crippen molar-refractivity contribution in [3.63, 3.8) is 0 Å². The number of rotatable bonds is 0. The van der Waals surface area contributed by atoms with Gasteiger partial charge in [-0.05, 0) is 22.9 Å². The Hall–Kier alpha value is -0.750. The molecule has 0 amide bonds. The quantitative estimate of drug-likeness (QED) is 0.720. The number of aromatic nitrogens is 4. The van der Waals surface area contributed by atoms with Gasteiger partial charge in [-0.25, -0.2) is 14.5 Å². The van der Waals surface area contributed by atoms with Crippen LogP contribution in [0.15, 0.2) is 10.8 Å². The first-order chi connectivity index (χ1) is 5.70. The second kappa shape index (κ2) is 2.63. The van der Waals surface area contributed by atoms with Crippen LogP contribution in [0.5, 0.6) is 0 Å². The highest BCUT2D eigenvalue weighted by atomic mass is 79.9. The molecule has 0 aliphatic heterocycles. The van der Waals surface area contributed by atoms with Crippen LogP contribution in [-0.4, -0.2) is 19.6 Å². The average molecular weight is 245 g/mol. The molecule has 0 aromatic carbocycles. The fourth-order valence-electron chi connectivity index (χ4n) is 0.940. The van der Waals surface area contributed by atoms with E-state index in [4.69, 9.17) is 12.2 Å². The van der Waals surface area contributed by atoms with Crippen LogP contribution in [-0.2, 0) is 0 Å². The summed E-state index contributed by atoms with van der Waals surface area (Å²) in [5, 5.41) is 2.86. The molecular formula is C6H5BrN4S. The highest BCUT2D eigenvalue weighted by Gasteiger charge is 2.04. The zero-order valence-corrected chi connectivity index (χ0v) is 8.61. The van der Waals surface area contributed by atoms with Crippen molar-refractivity contribution in [2.45, 2.75) is 6.92 Å². The van der Waals surface area contributed by atoms with Gasteiger partial charge in [-0.3, -0.25) is 5.10 Å². The number of halogens is 1. The minimum atomic E-state index is 0.598. The van der Waals surface area contributed by atoms with Crippen LogP contribution in [0.4, 0.5) is 0 Å². The molecule has 0 unspecified atom stereocenters. The molecule has 2 aromatic heterocycles. The predicted octanol–water partition coefficient (Wildman–Crippen LogP) is 1.86. The maximum absolute atomic E-state index is 5.14.